The van der Waals surface area contributed by atoms with Crippen LogP contribution in [-0.4, -0.2) is 23.0 Å². The molecule has 94 valence electrons. The first-order chi connectivity index (χ1) is 8.58. The molecule has 2 aromatic rings. The van der Waals surface area contributed by atoms with E-state index in [-0.39, 0.29) is 11.7 Å². The number of phenolic OH excluding ortho intramolecular Hbond substituents is 1. The summed E-state index contributed by atoms with van der Waals surface area (Å²) in [6.45, 7) is 0.464. The van der Waals surface area contributed by atoms with Crippen molar-refractivity contribution in [1.82, 2.24) is 4.90 Å². The number of aromatic hydroxyl groups is 1. The van der Waals surface area contributed by atoms with Crippen LogP contribution in [0.2, 0.25) is 0 Å². The lowest BCUT2D eigenvalue weighted by Gasteiger charge is -2.16. The summed E-state index contributed by atoms with van der Waals surface area (Å²) >= 11 is 3.18. The van der Waals surface area contributed by atoms with Crippen LogP contribution in [0.25, 0.3) is 0 Å². The third-order valence-corrected chi connectivity index (χ3v) is 3.21. The van der Waals surface area contributed by atoms with Crippen molar-refractivity contribution in [3.05, 3.63) is 52.4 Å². The molecule has 5 heteroatoms. The Morgan fingerprint density at radius 1 is 1.44 bits per heavy atom. The summed E-state index contributed by atoms with van der Waals surface area (Å²) in [5, 5.41) is 9.55. The molecule has 0 bridgehead atoms. The van der Waals surface area contributed by atoms with Gasteiger partial charge in [-0.1, -0.05) is 0 Å². The summed E-state index contributed by atoms with van der Waals surface area (Å²) < 4.78 is 5.52. The standard InChI is InChI=1S/C13H12BrNO3/c1-15(7-9-4-5-18-8-9)13(17)10-2-3-11(14)12(16)6-10/h2-6,8,16H,7H2,1H3. The van der Waals surface area contributed by atoms with E-state index in [9.17, 15) is 9.90 Å². The van der Waals surface area contributed by atoms with Gasteiger partial charge < -0.3 is 14.4 Å². The summed E-state index contributed by atoms with van der Waals surface area (Å²) in [5.74, 6) is -0.100. The summed E-state index contributed by atoms with van der Waals surface area (Å²) in [7, 11) is 1.70. The second kappa shape index (κ2) is 5.27. The predicted octanol–water partition coefficient (Wildman–Crippen LogP) is 3.02. The van der Waals surface area contributed by atoms with Gasteiger partial charge in [0.25, 0.3) is 5.91 Å². The van der Waals surface area contributed by atoms with E-state index in [0.29, 0.717) is 16.6 Å². The van der Waals surface area contributed by atoms with Crippen LogP contribution in [0.3, 0.4) is 0 Å². The number of hydrogen-bond donors (Lipinski definition) is 1. The van der Waals surface area contributed by atoms with Gasteiger partial charge in [-0.3, -0.25) is 4.79 Å². The molecule has 1 aromatic carbocycles. The minimum atomic E-state index is -0.154. The number of rotatable bonds is 3. The van der Waals surface area contributed by atoms with Crippen LogP contribution in [-0.2, 0) is 6.54 Å². The zero-order valence-corrected chi connectivity index (χ0v) is 11.3. The highest BCUT2D eigenvalue weighted by Gasteiger charge is 2.13. The van der Waals surface area contributed by atoms with Gasteiger partial charge in [-0.15, -0.1) is 0 Å². The summed E-state index contributed by atoms with van der Waals surface area (Å²) in [4.78, 5) is 13.7. The van der Waals surface area contributed by atoms with Crippen molar-refractivity contribution >= 4 is 21.8 Å². The summed E-state index contributed by atoms with van der Waals surface area (Å²) in [5.41, 5.74) is 1.37. The van der Waals surface area contributed by atoms with Crippen LogP contribution in [0.4, 0.5) is 0 Å². The number of halogens is 1. The maximum absolute atomic E-state index is 12.1. The third kappa shape index (κ3) is 2.73. The van der Waals surface area contributed by atoms with Gasteiger partial charge in [0, 0.05) is 24.7 Å². The van der Waals surface area contributed by atoms with E-state index in [1.165, 1.54) is 6.07 Å². The molecule has 2 rings (SSSR count). The fourth-order valence-corrected chi connectivity index (χ4v) is 1.84. The molecule has 0 saturated carbocycles. The number of carbonyl (C=O) groups is 1. The number of nitrogens with zero attached hydrogens (tertiary/aromatic N) is 1. The molecule has 1 amide bonds. The second-order valence-corrected chi connectivity index (χ2v) is 4.81. The Labute approximate surface area is 113 Å². The molecule has 0 aliphatic heterocycles. The predicted molar refractivity (Wildman–Crippen MR) is 70.3 cm³/mol. The van der Waals surface area contributed by atoms with Gasteiger partial charge in [0.1, 0.15) is 5.75 Å². The maximum Gasteiger partial charge on any atom is 0.254 e. The Balaban J connectivity index is 2.12. The summed E-state index contributed by atoms with van der Waals surface area (Å²) in [6, 6.07) is 6.56. The molecule has 0 aliphatic rings. The zero-order valence-electron chi connectivity index (χ0n) is 9.76. The van der Waals surface area contributed by atoms with E-state index in [4.69, 9.17) is 4.42 Å². The first kappa shape index (κ1) is 12.7. The van der Waals surface area contributed by atoms with E-state index in [1.807, 2.05) is 6.07 Å². The van der Waals surface area contributed by atoms with Crippen molar-refractivity contribution in [3.8, 4) is 5.75 Å². The fourth-order valence-electron chi connectivity index (χ4n) is 1.59. The van der Waals surface area contributed by atoms with Gasteiger partial charge >= 0.3 is 0 Å². The Morgan fingerprint density at radius 2 is 2.22 bits per heavy atom. The number of hydrogen-bond acceptors (Lipinski definition) is 3. The van der Waals surface area contributed by atoms with E-state index >= 15 is 0 Å². The van der Waals surface area contributed by atoms with Gasteiger partial charge in [0.05, 0.1) is 17.0 Å². The highest BCUT2D eigenvalue weighted by molar-refractivity contribution is 9.10. The monoisotopic (exact) mass is 309 g/mol. The molecule has 0 aliphatic carbocycles. The average Bonchev–Trinajstić information content (AvgIpc) is 2.84. The van der Waals surface area contributed by atoms with Crippen molar-refractivity contribution in [3.63, 3.8) is 0 Å². The molecular weight excluding hydrogens is 298 g/mol. The van der Waals surface area contributed by atoms with Crippen LogP contribution >= 0.6 is 15.9 Å². The molecule has 0 saturated heterocycles. The Morgan fingerprint density at radius 3 is 2.83 bits per heavy atom. The Kier molecular flexibility index (Phi) is 3.72. The Bertz CT molecular complexity index is 551. The molecule has 0 fully saturated rings. The number of phenols is 1. The largest absolute Gasteiger partial charge is 0.507 e. The molecule has 0 atom stereocenters. The zero-order chi connectivity index (χ0) is 13.1. The number of furan rings is 1. The molecule has 0 spiro atoms. The van der Waals surface area contributed by atoms with Crippen molar-refractivity contribution in [2.75, 3.05) is 7.05 Å². The lowest BCUT2D eigenvalue weighted by Crippen LogP contribution is -2.25. The lowest BCUT2D eigenvalue weighted by molar-refractivity contribution is 0.0784. The van der Waals surface area contributed by atoms with Crippen molar-refractivity contribution in [1.29, 1.82) is 0 Å². The number of benzene rings is 1. The quantitative estimate of drug-likeness (QED) is 0.948. The highest BCUT2D eigenvalue weighted by atomic mass is 79.9. The molecule has 0 radical (unpaired) electrons. The fraction of sp³-hybridized carbons (Fsp3) is 0.154. The highest BCUT2D eigenvalue weighted by Crippen LogP contribution is 2.25. The smallest absolute Gasteiger partial charge is 0.254 e. The number of carbonyl (C=O) groups excluding carboxylic acids is 1. The minimum Gasteiger partial charge on any atom is -0.507 e. The van der Waals surface area contributed by atoms with Crippen LogP contribution in [0.15, 0.2) is 45.7 Å². The van der Waals surface area contributed by atoms with Gasteiger partial charge in [-0.25, -0.2) is 0 Å². The van der Waals surface area contributed by atoms with Gasteiger partial charge in [0.2, 0.25) is 0 Å². The molecule has 1 aromatic heterocycles. The molecule has 1 heterocycles. The normalized spacial score (nSPS) is 10.3. The topological polar surface area (TPSA) is 53.7 Å². The maximum atomic E-state index is 12.1. The van der Waals surface area contributed by atoms with Gasteiger partial charge in [-0.05, 0) is 40.2 Å². The lowest BCUT2D eigenvalue weighted by atomic mass is 10.2. The van der Waals surface area contributed by atoms with E-state index in [2.05, 4.69) is 15.9 Å². The van der Waals surface area contributed by atoms with E-state index < -0.39 is 0 Å². The second-order valence-electron chi connectivity index (χ2n) is 3.96. The first-order valence-corrected chi connectivity index (χ1v) is 6.12. The SMILES string of the molecule is CN(Cc1ccoc1)C(=O)c1ccc(Br)c(O)c1. The average molecular weight is 310 g/mol. The van der Waals surface area contributed by atoms with Crippen LogP contribution in [0, 0.1) is 0 Å². The molecule has 0 unspecified atom stereocenters. The summed E-state index contributed by atoms with van der Waals surface area (Å²) in [6.07, 6.45) is 3.17. The van der Waals surface area contributed by atoms with Crippen LogP contribution < -0.4 is 0 Å². The number of amides is 1. The van der Waals surface area contributed by atoms with Gasteiger partial charge in [0.15, 0.2) is 0 Å². The minimum absolute atomic E-state index is 0.0533. The first-order valence-electron chi connectivity index (χ1n) is 5.33. The van der Waals surface area contributed by atoms with Crippen molar-refractivity contribution in [2.45, 2.75) is 6.54 Å². The van der Waals surface area contributed by atoms with Crippen LogP contribution in [0.1, 0.15) is 15.9 Å². The van der Waals surface area contributed by atoms with Crippen molar-refractivity contribution < 1.29 is 14.3 Å². The van der Waals surface area contributed by atoms with E-state index in [0.717, 1.165) is 5.56 Å². The van der Waals surface area contributed by atoms with Crippen molar-refractivity contribution in [2.24, 2.45) is 0 Å². The van der Waals surface area contributed by atoms with Gasteiger partial charge in [-0.2, -0.15) is 0 Å². The third-order valence-electron chi connectivity index (χ3n) is 2.54. The molecular formula is C13H12BrNO3. The van der Waals surface area contributed by atoms with E-state index in [1.54, 1.807) is 36.6 Å². The Hall–Kier alpha value is -1.75. The van der Waals surface area contributed by atoms with Crippen LogP contribution in [0.5, 0.6) is 5.75 Å². The molecule has 1 N–H and O–H groups in total. The molecule has 18 heavy (non-hydrogen) atoms. The molecule has 4 nitrogen and oxygen atoms in total.